The summed E-state index contributed by atoms with van der Waals surface area (Å²) < 4.78 is 31.4. The second-order valence-corrected chi connectivity index (χ2v) is 7.20. The largest absolute Gasteiger partial charge is 0.465 e. The van der Waals surface area contributed by atoms with Crippen molar-refractivity contribution in [3.05, 3.63) is 83.9 Å². The molecule has 3 rings (SSSR count). The van der Waals surface area contributed by atoms with Crippen molar-refractivity contribution >= 4 is 16.9 Å². The molecule has 0 atom stereocenters. The summed E-state index contributed by atoms with van der Waals surface area (Å²) in [6.45, 7) is 0.594. The zero-order valence-corrected chi connectivity index (χ0v) is 16.3. The maximum Gasteiger partial charge on any atom is 0.337 e. The van der Waals surface area contributed by atoms with Crippen LogP contribution in [-0.4, -0.2) is 41.9 Å². The summed E-state index contributed by atoms with van der Waals surface area (Å²) in [4.78, 5) is 15.6. The molecule has 0 unspecified atom stereocenters. The molecule has 8 heteroatoms. The molecule has 0 aliphatic heterocycles. The van der Waals surface area contributed by atoms with Gasteiger partial charge in [0, 0.05) is 31.2 Å². The number of methoxy groups -OCH3 is 1. The lowest BCUT2D eigenvalue weighted by atomic mass is 10.1. The number of benzene rings is 2. The number of carbonyl (C=O) groups excluding carboxylic acids is 1. The van der Waals surface area contributed by atoms with Gasteiger partial charge in [0.1, 0.15) is 0 Å². The minimum atomic E-state index is -2.74. The predicted octanol–water partition coefficient (Wildman–Crippen LogP) is 2.23. The maximum atomic E-state index is 11.7. The van der Waals surface area contributed by atoms with E-state index in [1.807, 2.05) is 35.0 Å². The van der Waals surface area contributed by atoms with Crippen LogP contribution < -0.4 is 0 Å². The number of imidazole rings is 1. The van der Waals surface area contributed by atoms with E-state index in [1.165, 1.54) is 11.4 Å². The monoisotopic (exact) mass is 399 g/mol. The molecule has 0 N–H and O–H groups in total. The zero-order chi connectivity index (χ0) is 19.9. The van der Waals surface area contributed by atoms with E-state index in [2.05, 4.69) is 9.72 Å². The number of aromatic nitrogens is 2. The van der Waals surface area contributed by atoms with E-state index in [9.17, 15) is 13.2 Å². The molecule has 0 saturated heterocycles. The highest BCUT2D eigenvalue weighted by Gasteiger charge is 2.12. The van der Waals surface area contributed by atoms with Crippen LogP contribution in [0, 0.1) is 0 Å². The van der Waals surface area contributed by atoms with Gasteiger partial charge < -0.3 is 9.30 Å². The summed E-state index contributed by atoms with van der Waals surface area (Å²) >= 11 is 0. The smallest absolute Gasteiger partial charge is 0.337 e. The van der Waals surface area contributed by atoms with E-state index < -0.39 is 16.9 Å². The Kier molecular flexibility index (Phi) is 6.57. The summed E-state index contributed by atoms with van der Waals surface area (Å²) in [5.41, 5.74) is 3.24. The Balaban J connectivity index is 1.70. The molecule has 146 valence electrons. The minimum absolute atomic E-state index is 0.243. The van der Waals surface area contributed by atoms with Gasteiger partial charge in [-0.25, -0.2) is 18.2 Å². The average molecular weight is 399 g/mol. The molecule has 7 nitrogen and oxygen atoms in total. The van der Waals surface area contributed by atoms with Crippen molar-refractivity contribution in [2.24, 2.45) is 0 Å². The minimum Gasteiger partial charge on any atom is -0.465 e. The highest BCUT2D eigenvalue weighted by molar-refractivity contribution is 7.69. The number of carbonyl (C=O) groups is 1. The lowest BCUT2D eigenvalue weighted by molar-refractivity contribution is 0.0600. The SMILES string of the molecule is COC(=O)c1ccc(CN(CCc2ccccc2-n2ccnc2)[SH](=O)=O)cc1. The number of ether oxygens (including phenoxy) is 1. The van der Waals surface area contributed by atoms with Gasteiger partial charge in [-0.15, -0.1) is 0 Å². The third-order valence-electron chi connectivity index (χ3n) is 4.38. The predicted molar refractivity (Wildman–Crippen MR) is 106 cm³/mol. The Morgan fingerprint density at radius 1 is 1.14 bits per heavy atom. The van der Waals surface area contributed by atoms with Crippen LogP contribution in [0.5, 0.6) is 0 Å². The van der Waals surface area contributed by atoms with Gasteiger partial charge in [-0.3, -0.25) is 0 Å². The zero-order valence-electron chi connectivity index (χ0n) is 15.4. The highest BCUT2D eigenvalue weighted by Crippen LogP contribution is 2.16. The van der Waals surface area contributed by atoms with E-state index in [4.69, 9.17) is 0 Å². The van der Waals surface area contributed by atoms with E-state index in [1.54, 1.807) is 36.8 Å². The van der Waals surface area contributed by atoms with Gasteiger partial charge >= 0.3 is 5.97 Å². The van der Waals surface area contributed by atoms with Gasteiger partial charge in [0.05, 0.1) is 19.0 Å². The molecule has 0 bridgehead atoms. The average Bonchev–Trinajstić information content (AvgIpc) is 3.25. The van der Waals surface area contributed by atoms with Gasteiger partial charge in [0.15, 0.2) is 0 Å². The van der Waals surface area contributed by atoms with Gasteiger partial charge in [0.2, 0.25) is 10.9 Å². The second kappa shape index (κ2) is 9.29. The summed E-state index contributed by atoms with van der Waals surface area (Å²) in [6, 6.07) is 14.6. The molecule has 0 amide bonds. The fourth-order valence-electron chi connectivity index (χ4n) is 2.92. The van der Waals surface area contributed by atoms with Crippen LogP contribution in [0.1, 0.15) is 21.5 Å². The van der Waals surface area contributed by atoms with E-state index >= 15 is 0 Å². The molecule has 1 heterocycles. The lowest BCUT2D eigenvalue weighted by Gasteiger charge is -2.17. The third-order valence-corrected chi connectivity index (χ3v) is 5.19. The van der Waals surface area contributed by atoms with Crippen molar-refractivity contribution in [2.45, 2.75) is 13.0 Å². The summed E-state index contributed by atoms with van der Waals surface area (Å²) in [7, 11) is -1.42. The number of hydrogen-bond acceptors (Lipinski definition) is 5. The van der Waals surface area contributed by atoms with Crippen LogP contribution in [-0.2, 0) is 28.6 Å². The van der Waals surface area contributed by atoms with Crippen LogP contribution >= 0.6 is 0 Å². The van der Waals surface area contributed by atoms with Crippen LogP contribution in [0.15, 0.2) is 67.3 Å². The van der Waals surface area contributed by atoms with Crippen LogP contribution in [0.2, 0.25) is 0 Å². The first-order chi connectivity index (χ1) is 13.6. The maximum absolute atomic E-state index is 11.7. The number of thiol groups is 1. The van der Waals surface area contributed by atoms with Gasteiger partial charge in [-0.05, 0) is 35.7 Å². The molecule has 3 aromatic rings. The van der Waals surface area contributed by atoms with Crippen molar-refractivity contribution in [3.8, 4) is 5.69 Å². The van der Waals surface area contributed by atoms with Crippen LogP contribution in [0.25, 0.3) is 5.69 Å². The normalized spacial score (nSPS) is 11.1. The first kappa shape index (κ1) is 19.8. The van der Waals surface area contributed by atoms with Gasteiger partial charge in [-0.2, -0.15) is 4.31 Å². The molecule has 0 saturated carbocycles. The Morgan fingerprint density at radius 2 is 1.89 bits per heavy atom. The molecule has 0 aliphatic carbocycles. The van der Waals surface area contributed by atoms with Gasteiger partial charge in [-0.1, -0.05) is 30.3 Å². The number of esters is 1. The first-order valence-corrected chi connectivity index (χ1v) is 9.84. The Bertz CT molecular complexity index is 991. The molecule has 28 heavy (non-hydrogen) atoms. The number of para-hydroxylation sites is 1. The molecule has 1 aromatic heterocycles. The van der Waals surface area contributed by atoms with Crippen LogP contribution in [0.4, 0.5) is 0 Å². The molecule has 0 aliphatic rings. The number of rotatable bonds is 8. The second-order valence-electron chi connectivity index (χ2n) is 6.16. The standard InChI is InChI=1S/C20H21N3O4S/c1-27-20(24)18-8-6-16(7-9-18)14-23(28(25)26)12-10-17-4-2-3-5-19(17)22-13-11-21-15-22/h2-9,11,13,15,28H,10,12,14H2,1H3. The van der Waals surface area contributed by atoms with E-state index in [0.717, 1.165) is 16.8 Å². The van der Waals surface area contributed by atoms with Crippen molar-refractivity contribution in [1.82, 2.24) is 13.9 Å². The van der Waals surface area contributed by atoms with Gasteiger partial charge in [0.25, 0.3) is 0 Å². The fourth-order valence-corrected chi connectivity index (χ4v) is 3.46. The fraction of sp³-hybridized carbons (Fsp3) is 0.200. The topological polar surface area (TPSA) is 81.5 Å². The number of hydrogen-bond donors (Lipinski definition) is 1. The molecule has 0 radical (unpaired) electrons. The summed E-state index contributed by atoms with van der Waals surface area (Å²) in [5.74, 6) is -0.422. The lowest BCUT2D eigenvalue weighted by Crippen LogP contribution is -2.24. The van der Waals surface area contributed by atoms with Crippen molar-refractivity contribution in [2.75, 3.05) is 13.7 Å². The molecule has 0 spiro atoms. The molecule has 0 fully saturated rings. The van der Waals surface area contributed by atoms with Crippen molar-refractivity contribution in [3.63, 3.8) is 0 Å². The molecular formula is C20H21N3O4S. The highest BCUT2D eigenvalue weighted by atomic mass is 32.2. The Morgan fingerprint density at radius 3 is 2.54 bits per heavy atom. The third kappa shape index (κ3) is 4.85. The number of nitrogens with zero attached hydrogens (tertiary/aromatic N) is 3. The van der Waals surface area contributed by atoms with E-state index in [0.29, 0.717) is 18.5 Å². The summed E-state index contributed by atoms with van der Waals surface area (Å²) in [6.07, 6.45) is 5.84. The Labute approximate surface area is 165 Å². The summed E-state index contributed by atoms with van der Waals surface area (Å²) in [5, 5.41) is 0. The van der Waals surface area contributed by atoms with Crippen LogP contribution in [0.3, 0.4) is 0 Å². The quantitative estimate of drug-likeness (QED) is 0.464. The molecule has 2 aromatic carbocycles. The van der Waals surface area contributed by atoms with Crippen molar-refractivity contribution in [1.29, 1.82) is 0 Å². The first-order valence-electron chi connectivity index (χ1n) is 8.71. The van der Waals surface area contributed by atoms with Crippen molar-refractivity contribution < 1.29 is 17.9 Å². The Hall–Kier alpha value is -2.97. The van der Waals surface area contributed by atoms with E-state index in [-0.39, 0.29) is 6.54 Å². The molecular weight excluding hydrogens is 378 g/mol.